The quantitative estimate of drug-likeness (QED) is 0.577. The third kappa shape index (κ3) is 4.83. The maximum Gasteiger partial charge on any atom is 0.250 e. The average molecular weight is 434 g/mol. The van der Waals surface area contributed by atoms with Crippen LogP contribution in [-0.4, -0.2) is 37.0 Å². The summed E-state index contributed by atoms with van der Waals surface area (Å²) in [5, 5.41) is 26.5. The lowest BCUT2D eigenvalue weighted by Crippen LogP contribution is -2.60. The summed E-state index contributed by atoms with van der Waals surface area (Å²) in [6.45, 7) is 8.88. The van der Waals surface area contributed by atoms with E-state index >= 15 is 0 Å². The van der Waals surface area contributed by atoms with Crippen molar-refractivity contribution in [2.75, 3.05) is 5.32 Å². The number of anilines is 1. The molecule has 1 aliphatic rings. The fourth-order valence-electron chi connectivity index (χ4n) is 4.88. The van der Waals surface area contributed by atoms with Crippen molar-refractivity contribution in [1.82, 2.24) is 20.1 Å². The topological polar surface area (TPSA) is 92.1 Å². The van der Waals surface area contributed by atoms with Crippen LogP contribution in [0.2, 0.25) is 0 Å². The number of nitrogens with zero attached hydrogens (tertiary/aromatic N) is 3. The van der Waals surface area contributed by atoms with E-state index in [-0.39, 0.29) is 22.4 Å². The standard InChI is InChI=1S/C25H31N5O2/c1-24(2)13-18(14-25(3,4)29-24)26-22-10-9-20(27-28-22)19-8-6-16(12-21(19)31)17-7-11-23(32)30(5)15-17/h6-12,15,18,29,31H,13-14H2,1-5H3,(H,26,28). The Morgan fingerprint density at radius 3 is 2.28 bits per heavy atom. The number of aryl methyl sites for hydroxylation is 1. The van der Waals surface area contributed by atoms with E-state index in [2.05, 4.69) is 48.5 Å². The predicted octanol–water partition coefficient (Wildman–Crippen LogP) is 3.94. The van der Waals surface area contributed by atoms with Gasteiger partial charge in [-0.15, -0.1) is 10.2 Å². The number of aromatic nitrogens is 3. The lowest BCUT2D eigenvalue weighted by atomic mass is 9.79. The van der Waals surface area contributed by atoms with Crippen LogP contribution >= 0.6 is 0 Å². The molecule has 32 heavy (non-hydrogen) atoms. The van der Waals surface area contributed by atoms with Gasteiger partial charge in [0.25, 0.3) is 0 Å². The van der Waals surface area contributed by atoms with Gasteiger partial charge in [0.1, 0.15) is 11.6 Å². The van der Waals surface area contributed by atoms with E-state index in [0.717, 1.165) is 29.8 Å². The Hall–Kier alpha value is -3.19. The second-order valence-electron chi connectivity index (χ2n) is 10.0. The monoisotopic (exact) mass is 433 g/mol. The molecule has 4 rings (SSSR count). The SMILES string of the molecule is Cn1cc(-c2ccc(-c3ccc(NC4CC(C)(C)NC(C)(C)C4)nn3)c(O)c2)ccc1=O. The van der Waals surface area contributed by atoms with Gasteiger partial charge in [0.15, 0.2) is 0 Å². The number of nitrogens with one attached hydrogen (secondary N) is 2. The molecule has 2 aromatic heterocycles. The molecule has 3 N–H and O–H groups in total. The van der Waals surface area contributed by atoms with Crippen molar-refractivity contribution >= 4 is 5.82 Å². The van der Waals surface area contributed by atoms with Gasteiger partial charge in [-0.05, 0) is 82.0 Å². The minimum Gasteiger partial charge on any atom is -0.507 e. The van der Waals surface area contributed by atoms with Crippen LogP contribution in [0, 0.1) is 0 Å². The van der Waals surface area contributed by atoms with Crippen LogP contribution in [0.1, 0.15) is 40.5 Å². The summed E-state index contributed by atoms with van der Waals surface area (Å²) in [6, 6.07) is 12.8. The number of hydrogen-bond acceptors (Lipinski definition) is 6. The summed E-state index contributed by atoms with van der Waals surface area (Å²) in [4.78, 5) is 11.6. The highest BCUT2D eigenvalue weighted by atomic mass is 16.3. The maximum absolute atomic E-state index is 11.6. The molecule has 1 aromatic carbocycles. The zero-order chi connectivity index (χ0) is 23.1. The van der Waals surface area contributed by atoms with E-state index in [4.69, 9.17) is 0 Å². The summed E-state index contributed by atoms with van der Waals surface area (Å²) >= 11 is 0. The third-order valence-corrected chi connectivity index (χ3v) is 5.90. The zero-order valence-electron chi connectivity index (χ0n) is 19.3. The third-order valence-electron chi connectivity index (χ3n) is 5.90. The number of benzene rings is 1. The molecule has 3 aromatic rings. The van der Waals surface area contributed by atoms with Crippen LogP contribution in [0.4, 0.5) is 5.82 Å². The van der Waals surface area contributed by atoms with Crippen LogP contribution in [0.5, 0.6) is 5.75 Å². The van der Waals surface area contributed by atoms with Gasteiger partial charge in [-0.25, -0.2) is 0 Å². The molecule has 0 radical (unpaired) electrons. The van der Waals surface area contributed by atoms with E-state index in [1.807, 2.05) is 24.3 Å². The summed E-state index contributed by atoms with van der Waals surface area (Å²) in [5.74, 6) is 0.849. The number of rotatable bonds is 4. The second kappa shape index (κ2) is 8.06. The Kier molecular flexibility index (Phi) is 5.54. The highest BCUT2D eigenvalue weighted by molar-refractivity contribution is 5.74. The molecule has 0 atom stereocenters. The molecular formula is C25H31N5O2. The van der Waals surface area contributed by atoms with Gasteiger partial charge in [-0.3, -0.25) is 4.79 Å². The Labute approximate surface area is 188 Å². The maximum atomic E-state index is 11.6. The largest absolute Gasteiger partial charge is 0.507 e. The van der Waals surface area contributed by atoms with Crippen molar-refractivity contribution in [2.45, 2.75) is 57.7 Å². The van der Waals surface area contributed by atoms with E-state index in [9.17, 15) is 9.90 Å². The molecule has 3 heterocycles. The molecular weight excluding hydrogens is 402 g/mol. The molecule has 0 unspecified atom stereocenters. The molecule has 7 heteroatoms. The van der Waals surface area contributed by atoms with Crippen LogP contribution in [0.25, 0.3) is 22.4 Å². The molecule has 0 saturated carbocycles. The molecule has 1 fully saturated rings. The van der Waals surface area contributed by atoms with Crippen molar-refractivity contribution in [1.29, 1.82) is 0 Å². The van der Waals surface area contributed by atoms with Gasteiger partial charge in [-0.2, -0.15) is 0 Å². The molecule has 1 saturated heterocycles. The first-order valence-electron chi connectivity index (χ1n) is 10.9. The highest BCUT2D eigenvalue weighted by Gasteiger charge is 2.37. The Balaban J connectivity index is 1.51. The summed E-state index contributed by atoms with van der Waals surface area (Å²) in [5.41, 5.74) is 2.91. The molecule has 7 nitrogen and oxygen atoms in total. The van der Waals surface area contributed by atoms with Crippen LogP contribution in [0.3, 0.4) is 0 Å². The van der Waals surface area contributed by atoms with Crippen LogP contribution < -0.4 is 16.2 Å². The first-order chi connectivity index (χ1) is 15.0. The lowest BCUT2D eigenvalue weighted by Gasteiger charge is -2.46. The van der Waals surface area contributed by atoms with Gasteiger partial charge in [0, 0.05) is 42.0 Å². The fourth-order valence-corrected chi connectivity index (χ4v) is 4.88. The van der Waals surface area contributed by atoms with Crippen molar-refractivity contribution in [3.63, 3.8) is 0 Å². The van der Waals surface area contributed by atoms with Crippen molar-refractivity contribution in [2.24, 2.45) is 7.05 Å². The highest BCUT2D eigenvalue weighted by Crippen LogP contribution is 2.33. The molecule has 1 aliphatic heterocycles. The predicted molar refractivity (Wildman–Crippen MR) is 128 cm³/mol. The van der Waals surface area contributed by atoms with Crippen molar-refractivity contribution in [3.05, 3.63) is 59.0 Å². The minimum atomic E-state index is -0.0739. The number of hydrogen-bond donors (Lipinski definition) is 3. The Morgan fingerprint density at radius 2 is 1.69 bits per heavy atom. The van der Waals surface area contributed by atoms with E-state index in [1.54, 1.807) is 25.4 Å². The van der Waals surface area contributed by atoms with Gasteiger partial charge in [-0.1, -0.05) is 6.07 Å². The lowest BCUT2D eigenvalue weighted by molar-refractivity contribution is 0.170. The number of pyridine rings is 1. The molecule has 0 amide bonds. The van der Waals surface area contributed by atoms with Crippen LogP contribution in [0.15, 0.2) is 53.5 Å². The van der Waals surface area contributed by atoms with Crippen molar-refractivity contribution < 1.29 is 5.11 Å². The summed E-state index contributed by atoms with van der Waals surface area (Å²) in [6.07, 6.45) is 3.74. The Bertz CT molecular complexity index is 1170. The van der Waals surface area contributed by atoms with Gasteiger partial charge >= 0.3 is 0 Å². The first-order valence-corrected chi connectivity index (χ1v) is 10.9. The first kappa shape index (κ1) is 22.0. The summed E-state index contributed by atoms with van der Waals surface area (Å²) < 4.78 is 1.52. The number of phenols is 1. The molecule has 0 spiro atoms. The minimum absolute atomic E-state index is 0.0470. The molecule has 168 valence electrons. The summed E-state index contributed by atoms with van der Waals surface area (Å²) in [7, 11) is 1.71. The second-order valence-corrected chi connectivity index (χ2v) is 10.0. The van der Waals surface area contributed by atoms with Gasteiger partial charge < -0.3 is 20.3 Å². The molecule has 0 bridgehead atoms. The molecule has 0 aliphatic carbocycles. The normalized spacial score (nSPS) is 17.8. The van der Waals surface area contributed by atoms with Gasteiger partial charge in [0.05, 0.1) is 5.69 Å². The van der Waals surface area contributed by atoms with E-state index in [0.29, 0.717) is 17.3 Å². The number of aromatic hydroxyl groups is 1. The Morgan fingerprint density at radius 1 is 1.00 bits per heavy atom. The van der Waals surface area contributed by atoms with E-state index < -0.39 is 0 Å². The zero-order valence-corrected chi connectivity index (χ0v) is 19.3. The number of phenolic OH excluding ortho intramolecular Hbond substituents is 1. The fraction of sp³-hybridized carbons (Fsp3) is 0.400. The van der Waals surface area contributed by atoms with E-state index in [1.165, 1.54) is 10.6 Å². The van der Waals surface area contributed by atoms with Gasteiger partial charge in [0.2, 0.25) is 5.56 Å². The number of piperidine rings is 1. The smallest absolute Gasteiger partial charge is 0.250 e. The van der Waals surface area contributed by atoms with Crippen molar-refractivity contribution in [3.8, 4) is 28.1 Å². The average Bonchev–Trinajstić information content (AvgIpc) is 2.68. The van der Waals surface area contributed by atoms with Crippen LogP contribution in [-0.2, 0) is 7.05 Å².